The van der Waals surface area contributed by atoms with E-state index in [-0.39, 0.29) is 51.5 Å². The molecule has 16 rings (SSSR count). The Labute approximate surface area is 635 Å². The number of fused-ring (bicyclic) bond motifs is 14. The largest absolute Gasteiger partial charge is 2.00 e. The molecule has 0 aliphatic heterocycles. The summed E-state index contributed by atoms with van der Waals surface area (Å²) in [6.45, 7) is 2.86. The normalized spacial score (nSPS) is 13.7. The van der Waals surface area contributed by atoms with Crippen LogP contribution >= 0.6 is 31.2 Å². The molecule has 52 heteroatoms. The number of rotatable bonds is 6. The molecule has 16 aromatic rings. The average Bonchev–Trinajstić information content (AvgIpc) is 0.784. The van der Waals surface area contributed by atoms with E-state index in [1.165, 1.54) is 13.8 Å². The van der Waals surface area contributed by atoms with Gasteiger partial charge in [-0.25, -0.2) is 48.0 Å². The van der Waals surface area contributed by atoms with Gasteiger partial charge in [0.15, 0.2) is 0 Å². The minimum atomic E-state index is -10.7. The molecule has 12 heterocycles. The first-order valence-corrected chi connectivity index (χ1v) is 37.7. The second kappa shape index (κ2) is 32.2. The van der Waals surface area contributed by atoms with Crippen molar-refractivity contribution in [3.63, 3.8) is 0 Å². The number of hydrogen-bond donors (Lipinski definition) is 0. The Kier molecular flexibility index (Phi) is 26.4. The molecule has 0 bridgehead atoms. The van der Waals surface area contributed by atoms with Gasteiger partial charge in [0.05, 0.1) is 78.3 Å². The summed E-state index contributed by atoms with van der Waals surface area (Å²) >= 11 is 0. The Balaban J connectivity index is 0.000000235. The molecule has 12 aromatic heterocycles. The van der Waals surface area contributed by atoms with E-state index in [2.05, 4.69) is 50.5 Å². The summed E-state index contributed by atoms with van der Waals surface area (Å²) in [5.41, 5.74) is 10.6. The molecule has 0 unspecified atom stereocenters. The summed E-state index contributed by atoms with van der Waals surface area (Å²) in [6, 6.07) is 46.4. The van der Waals surface area contributed by atoms with Gasteiger partial charge in [-0.3, -0.25) is 19.9 Å². The topological polar surface area (TPSA) is 258 Å². The molecular weight excluding hydrogens is 1810 g/mol. The molecule has 600 valence electrons. The van der Waals surface area contributed by atoms with Gasteiger partial charge in [0.2, 0.25) is 12.6 Å². The maximum absolute atomic E-state index is 10.7. The molecule has 112 heavy (non-hydrogen) atoms. The fourth-order valence-electron chi connectivity index (χ4n) is 9.12. The molecule has 0 fully saturated rings. The molecule has 0 aliphatic rings. The first kappa shape index (κ1) is 91.9. The minimum absolute atomic E-state index is 0. The van der Waals surface area contributed by atoms with Crippen molar-refractivity contribution >= 4 is 119 Å². The third kappa shape index (κ3) is 33.4. The number of pyridine rings is 4. The first-order valence-electron chi connectivity index (χ1n) is 29.5. The zero-order chi connectivity index (χ0) is 81.7. The summed E-state index contributed by atoms with van der Waals surface area (Å²) in [5.74, 6) is 0. The number of nitrogens with zero attached hydrogens (tertiary/aromatic N) is 22. The summed E-state index contributed by atoms with van der Waals surface area (Å²) in [5, 5.41) is 43.9. The van der Waals surface area contributed by atoms with E-state index in [0.29, 0.717) is 0 Å². The third-order valence-electron chi connectivity index (χ3n) is 12.4. The van der Waals surface area contributed by atoms with E-state index >= 15 is 0 Å². The van der Waals surface area contributed by atoms with Crippen molar-refractivity contribution in [2.24, 2.45) is 0 Å². The summed E-state index contributed by atoms with van der Waals surface area (Å²) in [7, 11) is -42.6. The fraction of sp³-hybridized carbons (Fsp3) is 0.0667. The van der Waals surface area contributed by atoms with E-state index in [9.17, 15) is 101 Å². The Morgan fingerprint density at radius 3 is 0.536 bits per heavy atom. The van der Waals surface area contributed by atoms with Crippen molar-refractivity contribution in [3.05, 3.63) is 233 Å². The van der Waals surface area contributed by atoms with Crippen LogP contribution in [0.3, 0.4) is 0 Å². The number of halogens is 24. The van der Waals surface area contributed by atoms with Crippen LogP contribution in [0, 0.1) is 22.7 Å². The summed E-state index contributed by atoms with van der Waals surface area (Å²) in [4.78, 5) is 37.3. The van der Waals surface area contributed by atoms with Crippen LogP contribution in [0.25, 0.3) is 87.7 Å². The molecule has 0 amide bonds. The van der Waals surface area contributed by atoms with Gasteiger partial charge in [0, 0.05) is 135 Å². The molecule has 0 atom stereocenters. The Morgan fingerprint density at radius 1 is 0.250 bits per heavy atom. The van der Waals surface area contributed by atoms with Gasteiger partial charge in [0.1, 0.15) is 0 Å². The van der Waals surface area contributed by atoms with Gasteiger partial charge in [-0.15, -0.1) is 0 Å². The van der Waals surface area contributed by atoms with E-state index in [4.69, 9.17) is 30.5 Å². The van der Waals surface area contributed by atoms with Crippen LogP contribution in [-0.4, -0.2) is 98.6 Å². The molecular formula is C60H46F24N22P4Ru2. The molecule has 0 saturated carbocycles. The number of hydrogen-bond acceptors (Lipinski definition) is 16. The van der Waals surface area contributed by atoms with Crippen LogP contribution in [0.15, 0.2) is 233 Å². The fourth-order valence-corrected chi connectivity index (χ4v) is 9.12. The smallest absolute Gasteiger partial charge is 0.254 e. The first-order chi connectivity index (χ1) is 50.4. The van der Waals surface area contributed by atoms with Crippen LogP contribution < -0.4 is 0 Å². The predicted octanol–water partition coefficient (Wildman–Crippen LogP) is 24.0. The van der Waals surface area contributed by atoms with Gasteiger partial charge in [0.25, 0.3) is 0 Å². The van der Waals surface area contributed by atoms with Crippen molar-refractivity contribution in [1.82, 2.24) is 98.6 Å². The van der Waals surface area contributed by atoms with Gasteiger partial charge < -0.3 is 0 Å². The van der Waals surface area contributed by atoms with Crippen molar-refractivity contribution in [2.45, 2.75) is 26.4 Å². The quantitative estimate of drug-likeness (QED) is 0.0493. The molecule has 0 spiro atoms. The Morgan fingerprint density at radius 2 is 0.402 bits per heavy atom. The van der Waals surface area contributed by atoms with E-state index in [1.54, 1.807) is 102 Å². The van der Waals surface area contributed by atoms with E-state index in [0.717, 1.165) is 87.7 Å². The van der Waals surface area contributed by atoms with Gasteiger partial charge >= 0.3 is 171 Å². The standard InChI is InChI=1S/2C18H10N4.2C10H10N6.2C2H3N.4F6P.2Ru/c2*1-2-8-14-13(7-1)21-17-11-5-3-9-19-15(11)16-12(18(17)22-14)6-4-10-20-16;2*1-4-11-14(7-1)10(15-8-2-5-12-15)16-9-3-6-13-16;2*1-2-3;4*1-7(2,3,4,5)6;;/h2*1-10H;2*1-10H;2*1H3;;;;;;/q;;;;;;4*-1;2*+2. The summed E-state index contributed by atoms with van der Waals surface area (Å²) < 4.78 is 248. The molecule has 22 nitrogen and oxygen atoms in total. The summed E-state index contributed by atoms with van der Waals surface area (Å²) in [6.07, 6.45) is 28.5. The number of para-hydroxylation sites is 4. The number of nitriles is 2. The predicted molar refractivity (Wildman–Crippen MR) is 365 cm³/mol. The molecule has 0 N–H and O–H groups in total. The van der Waals surface area contributed by atoms with E-state index in [1.807, 2.05) is 171 Å². The molecule has 4 aromatic carbocycles. The maximum Gasteiger partial charge on any atom is 2.00 e. The van der Waals surface area contributed by atoms with Crippen LogP contribution in [0.2, 0.25) is 0 Å². The number of aromatic nitrogens is 20. The van der Waals surface area contributed by atoms with Crippen LogP contribution in [0.5, 0.6) is 0 Å². The van der Waals surface area contributed by atoms with Gasteiger partial charge in [-0.2, -0.15) is 41.1 Å². The van der Waals surface area contributed by atoms with Gasteiger partial charge in [-0.1, -0.05) is 24.3 Å². The Hall–Kier alpha value is -10.8. The van der Waals surface area contributed by atoms with Gasteiger partial charge in [-0.05, 0) is 109 Å². The zero-order valence-electron chi connectivity index (χ0n) is 55.5. The van der Waals surface area contributed by atoms with Crippen molar-refractivity contribution < 1.29 is 140 Å². The van der Waals surface area contributed by atoms with E-state index < -0.39 is 31.2 Å². The maximum atomic E-state index is 9.87. The second-order valence-corrected chi connectivity index (χ2v) is 29.0. The van der Waals surface area contributed by atoms with Crippen molar-refractivity contribution in [1.29, 1.82) is 10.5 Å². The molecule has 0 aliphatic carbocycles. The van der Waals surface area contributed by atoms with Crippen LogP contribution in [0.4, 0.5) is 101 Å². The zero-order valence-corrected chi connectivity index (χ0v) is 62.6. The number of benzene rings is 4. The Bertz CT molecular complexity index is 5050. The SMILES string of the molecule is CC#N.CC#N.F[P-](F)(F)(F)(F)F.F[P-](F)(F)(F)(F)F.F[P-](F)(F)(F)(F)F.F[P-](F)(F)(F)(F)F.[Ru+2].[Ru+2].c1ccc2nc3c4cccnc4c4ncccc4c3nc2c1.c1ccc2nc3c4cccnc4c4ncccc4c3nc2c1.c1cnn(C(n2cccn2)n2cccn2)c1.c1cnn(C(n2cccn2)n2cccn2)c1. The third-order valence-corrected chi connectivity index (χ3v) is 12.4. The minimum Gasteiger partial charge on any atom is -0.254 e. The average molecular weight is 1860 g/mol. The molecule has 0 saturated heterocycles. The van der Waals surface area contributed by atoms with Crippen molar-refractivity contribution in [3.8, 4) is 12.1 Å². The molecule has 0 radical (unpaired) electrons. The van der Waals surface area contributed by atoms with Crippen LogP contribution in [0.1, 0.15) is 26.4 Å². The van der Waals surface area contributed by atoms with Crippen LogP contribution in [-0.2, 0) is 39.0 Å². The monoisotopic (exact) mass is 1860 g/mol. The second-order valence-electron chi connectivity index (χ2n) is 21.3. The van der Waals surface area contributed by atoms with Crippen molar-refractivity contribution in [2.75, 3.05) is 0 Å².